The van der Waals surface area contributed by atoms with Crippen LogP contribution in [0.1, 0.15) is 93.9 Å². The van der Waals surface area contributed by atoms with E-state index in [1.807, 2.05) is 0 Å². The Hall–Kier alpha value is -0.730. The molecule has 0 amide bonds. The van der Waals surface area contributed by atoms with Crippen molar-refractivity contribution >= 4 is 5.97 Å². The molecule has 0 unspecified atom stereocenters. The molecule has 39 heavy (non-hydrogen) atoms. The highest BCUT2D eigenvalue weighted by atomic mass is 16.6. The average molecular weight is 551 g/mol. The number of carbonyl (C=O) groups is 1. The molecule has 5 N–H and O–H groups in total. The SMILES string of the molecule is CC(=O)O[C@@H]1[C@@H](O)[C@H]2[C@@H](C[C@@H](O)[C@@]3(O)C[C@@H](O)C[C@H](O)[C@]23C)[C@@H]2CC[C@H]([C@H](C)[C@H]3C[C@]3(C)[C@@H](C)C(C)C)[C@@]12C. The van der Waals surface area contributed by atoms with E-state index >= 15 is 0 Å². The number of hydrogen-bond donors (Lipinski definition) is 5. The van der Waals surface area contributed by atoms with Crippen molar-refractivity contribution in [1.29, 1.82) is 0 Å². The van der Waals surface area contributed by atoms with E-state index in [4.69, 9.17) is 4.74 Å². The Bertz CT molecular complexity index is 970. The van der Waals surface area contributed by atoms with Crippen molar-refractivity contribution in [3.63, 3.8) is 0 Å². The average Bonchev–Trinajstić information content (AvgIpc) is 3.40. The summed E-state index contributed by atoms with van der Waals surface area (Å²) >= 11 is 0. The number of fused-ring (bicyclic) bond motifs is 5. The Balaban J connectivity index is 1.55. The van der Waals surface area contributed by atoms with Gasteiger partial charge in [-0.25, -0.2) is 0 Å². The van der Waals surface area contributed by atoms with Crippen LogP contribution in [0.15, 0.2) is 0 Å². The lowest BCUT2D eigenvalue weighted by atomic mass is 9.40. The summed E-state index contributed by atoms with van der Waals surface area (Å²) in [6.07, 6.45) is -1.63. The Morgan fingerprint density at radius 3 is 2.13 bits per heavy atom. The lowest BCUT2D eigenvalue weighted by Crippen LogP contribution is -2.77. The standard InChI is InChI=1S/C32H54O7/c1-15(2)17(4)29(6)14-23(29)16(3)21-9-10-22-20-12-25(36)32(38)13-19(34)11-24(35)31(32,8)26(20)27(37)28(30(21,22)7)39-18(5)33/h15-17,19-28,34-38H,9-14H2,1-8H3/t16-,17-,19-,20-,21+,22-,23+,24-,25+,26+,27-,28+,29+,30+,31+,32-/m0/s1. The number of rotatable bonds is 5. The normalized spacial score (nSPS) is 56.3. The third-order valence-corrected chi connectivity index (χ3v) is 14.0. The van der Waals surface area contributed by atoms with E-state index in [-0.39, 0.29) is 36.0 Å². The van der Waals surface area contributed by atoms with Gasteiger partial charge in [0.1, 0.15) is 11.7 Å². The summed E-state index contributed by atoms with van der Waals surface area (Å²) in [7, 11) is 0. The van der Waals surface area contributed by atoms with Gasteiger partial charge in [0.15, 0.2) is 0 Å². The molecule has 7 nitrogen and oxygen atoms in total. The first-order valence-corrected chi connectivity index (χ1v) is 15.6. The quantitative estimate of drug-likeness (QED) is 0.331. The Labute approximate surface area is 234 Å². The smallest absolute Gasteiger partial charge is 0.303 e. The summed E-state index contributed by atoms with van der Waals surface area (Å²) in [5.41, 5.74) is -3.19. The van der Waals surface area contributed by atoms with Gasteiger partial charge >= 0.3 is 5.97 Å². The zero-order chi connectivity index (χ0) is 29.0. The fourth-order valence-corrected chi connectivity index (χ4v) is 11.4. The number of aliphatic hydroxyl groups excluding tert-OH is 4. The van der Waals surface area contributed by atoms with Gasteiger partial charge in [0.05, 0.1) is 24.4 Å². The third-order valence-electron chi connectivity index (χ3n) is 14.0. The molecule has 0 aliphatic heterocycles. The van der Waals surface area contributed by atoms with E-state index < -0.39 is 58.8 Å². The van der Waals surface area contributed by atoms with Crippen LogP contribution in [-0.4, -0.2) is 67.6 Å². The van der Waals surface area contributed by atoms with Crippen LogP contribution in [0.5, 0.6) is 0 Å². The molecule has 0 aromatic heterocycles. The second kappa shape index (κ2) is 9.39. The second-order valence-electron chi connectivity index (χ2n) is 15.6. The molecule has 0 aromatic rings. The van der Waals surface area contributed by atoms with Crippen molar-refractivity contribution in [2.24, 2.45) is 63.6 Å². The summed E-state index contributed by atoms with van der Waals surface area (Å²) in [6, 6.07) is 0. The third kappa shape index (κ3) is 3.88. The molecule has 0 saturated heterocycles. The van der Waals surface area contributed by atoms with Crippen LogP contribution in [0.25, 0.3) is 0 Å². The van der Waals surface area contributed by atoms with E-state index in [0.717, 1.165) is 12.8 Å². The van der Waals surface area contributed by atoms with E-state index in [1.54, 1.807) is 6.92 Å². The molecular weight excluding hydrogens is 496 g/mol. The topological polar surface area (TPSA) is 127 Å². The molecule has 7 heteroatoms. The van der Waals surface area contributed by atoms with Crippen molar-refractivity contribution in [2.75, 3.05) is 0 Å². The molecule has 5 fully saturated rings. The van der Waals surface area contributed by atoms with Crippen molar-refractivity contribution in [1.82, 2.24) is 0 Å². The molecule has 0 spiro atoms. The van der Waals surface area contributed by atoms with E-state index in [9.17, 15) is 30.3 Å². The van der Waals surface area contributed by atoms with E-state index in [2.05, 4.69) is 41.5 Å². The first kappa shape index (κ1) is 29.8. The van der Waals surface area contributed by atoms with Gasteiger partial charge in [0.25, 0.3) is 0 Å². The number of esters is 1. The second-order valence-corrected chi connectivity index (χ2v) is 15.6. The largest absolute Gasteiger partial charge is 0.459 e. The first-order valence-electron chi connectivity index (χ1n) is 15.6. The first-order chi connectivity index (χ1) is 18.0. The van der Waals surface area contributed by atoms with Gasteiger partial charge in [-0.1, -0.05) is 48.5 Å². The maximum absolute atomic E-state index is 12.5. The zero-order valence-electron chi connectivity index (χ0n) is 25.3. The monoisotopic (exact) mass is 550 g/mol. The summed E-state index contributed by atoms with van der Waals surface area (Å²) in [5.74, 6) is 1.35. The van der Waals surface area contributed by atoms with Crippen LogP contribution in [-0.2, 0) is 9.53 Å². The molecule has 0 radical (unpaired) electrons. The predicted octanol–water partition coefficient (Wildman–Crippen LogP) is 3.53. The van der Waals surface area contributed by atoms with E-state index in [1.165, 1.54) is 13.3 Å². The van der Waals surface area contributed by atoms with Crippen LogP contribution in [0.2, 0.25) is 0 Å². The van der Waals surface area contributed by atoms with E-state index in [0.29, 0.717) is 30.1 Å². The molecule has 16 atom stereocenters. The van der Waals surface area contributed by atoms with Gasteiger partial charge in [-0.2, -0.15) is 0 Å². The number of carbonyl (C=O) groups excluding carboxylic acids is 1. The van der Waals surface area contributed by atoms with Gasteiger partial charge in [-0.3, -0.25) is 4.79 Å². The lowest BCUT2D eigenvalue weighted by molar-refractivity contribution is -0.324. The molecule has 0 bridgehead atoms. The fourth-order valence-electron chi connectivity index (χ4n) is 11.4. The molecule has 5 aliphatic rings. The van der Waals surface area contributed by atoms with Crippen LogP contribution in [0.3, 0.4) is 0 Å². The lowest BCUT2D eigenvalue weighted by Gasteiger charge is -2.68. The molecule has 5 aliphatic carbocycles. The molecule has 0 heterocycles. The van der Waals surface area contributed by atoms with Crippen molar-refractivity contribution in [2.45, 2.75) is 130 Å². The molecule has 0 aromatic carbocycles. The summed E-state index contributed by atoms with van der Waals surface area (Å²) < 4.78 is 6.06. The van der Waals surface area contributed by atoms with Gasteiger partial charge in [0, 0.05) is 30.1 Å². The summed E-state index contributed by atoms with van der Waals surface area (Å²) in [6.45, 7) is 17.1. The molecule has 5 rings (SSSR count). The Kier molecular flexibility index (Phi) is 7.16. The maximum Gasteiger partial charge on any atom is 0.303 e. The Morgan fingerprint density at radius 2 is 1.54 bits per heavy atom. The minimum Gasteiger partial charge on any atom is -0.459 e. The van der Waals surface area contributed by atoms with Gasteiger partial charge in [0.2, 0.25) is 0 Å². The number of ether oxygens (including phenoxy) is 1. The van der Waals surface area contributed by atoms with Gasteiger partial charge in [-0.05, 0) is 78.9 Å². The predicted molar refractivity (Wildman–Crippen MR) is 147 cm³/mol. The maximum atomic E-state index is 12.5. The van der Waals surface area contributed by atoms with Crippen molar-refractivity contribution < 1.29 is 35.1 Å². The highest BCUT2D eigenvalue weighted by Gasteiger charge is 2.75. The van der Waals surface area contributed by atoms with Crippen molar-refractivity contribution in [3.05, 3.63) is 0 Å². The van der Waals surface area contributed by atoms with Crippen LogP contribution in [0, 0.1) is 63.6 Å². The fraction of sp³-hybridized carbons (Fsp3) is 0.969. The van der Waals surface area contributed by atoms with Gasteiger partial charge < -0.3 is 30.3 Å². The zero-order valence-corrected chi connectivity index (χ0v) is 25.3. The minimum absolute atomic E-state index is 0.0498. The number of aliphatic hydroxyl groups is 5. The van der Waals surface area contributed by atoms with Crippen LogP contribution < -0.4 is 0 Å². The van der Waals surface area contributed by atoms with Gasteiger partial charge in [-0.15, -0.1) is 0 Å². The number of hydrogen-bond acceptors (Lipinski definition) is 7. The molecule has 224 valence electrons. The van der Waals surface area contributed by atoms with Crippen LogP contribution >= 0.6 is 0 Å². The minimum atomic E-state index is -1.74. The van der Waals surface area contributed by atoms with Crippen molar-refractivity contribution in [3.8, 4) is 0 Å². The summed E-state index contributed by atoms with van der Waals surface area (Å²) in [5, 5.41) is 57.3. The summed E-state index contributed by atoms with van der Waals surface area (Å²) in [4.78, 5) is 12.5. The highest BCUT2D eigenvalue weighted by molar-refractivity contribution is 5.66. The highest BCUT2D eigenvalue weighted by Crippen LogP contribution is 2.72. The Morgan fingerprint density at radius 1 is 0.897 bits per heavy atom. The molecule has 5 saturated carbocycles. The van der Waals surface area contributed by atoms with Crippen LogP contribution in [0.4, 0.5) is 0 Å². The molecular formula is C32H54O7.